The molecule has 0 aliphatic carbocycles. The van der Waals surface area contributed by atoms with Gasteiger partial charge in [-0.05, 0) is 24.1 Å². The average molecular weight is 347 g/mol. The highest BCUT2D eigenvalue weighted by atomic mass is 19.4. The number of carbonyl (C=O) groups excluding carboxylic acids is 1. The fourth-order valence-electron chi connectivity index (χ4n) is 2.65. The van der Waals surface area contributed by atoms with Gasteiger partial charge in [-0.2, -0.15) is 13.2 Å². The third kappa shape index (κ3) is 5.76. The van der Waals surface area contributed by atoms with E-state index in [1.165, 1.54) is 17.0 Å². The van der Waals surface area contributed by atoms with E-state index in [2.05, 4.69) is 10.6 Å². The predicted octanol–water partition coefficient (Wildman–Crippen LogP) is 1.71. The van der Waals surface area contributed by atoms with Crippen LogP contribution in [0.2, 0.25) is 0 Å². The number of carbonyl (C=O) groups is 1. The van der Waals surface area contributed by atoms with Crippen molar-refractivity contribution >= 4 is 5.91 Å². The quantitative estimate of drug-likeness (QED) is 0.770. The maximum Gasteiger partial charge on any atom is 0.405 e. The highest BCUT2D eigenvalue weighted by molar-refractivity contribution is 5.76. The van der Waals surface area contributed by atoms with E-state index in [0.29, 0.717) is 32.6 Å². The molecule has 1 saturated heterocycles. The molecule has 2 N–H and O–H groups in total. The van der Waals surface area contributed by atoms with E-state index in [9.17, 15) is 22.4 Å². The minimum absolute atomic E-state index is 0.0672. The van der Waals surface area contributed by atoms with Crippen LogP contribution in [0, 0.1) is 5.82 Å². The minimum atomic E-state index is -4.39. The second kappa shape index (κ2) is 8.43. The fourth-order valence-corrected chi connectivity index (χ4v) is 2.65. The van der Waals surface area contributed by atoms with Crippen molar-refractivity contribution in [1.29, 1.82) is 0 Å². The van der Waals surface area contributed by atoms with Crippen molar-refractivity contribution < 1.29 is 22.4 Å². The highest BCUT2D eigenvalue weighted by Crippen LogP contribution is 2.24. The number of rotatable bonds is 6. The SMILES string of the molecule is O=C(CCc1ccc(F)cc1)NCC(N1CCNCC1)C(F)(F)F. The van der Waals surface area contributed by atoms with Crippen LogP contribution in [0.15, 0.2) is 24.3 Å². The Balaban J connectivity index is 1.81. The third-order valence-corrected chi connectivity index (χ3v) is 4.02. The van der Waals surface area contributed by atoms with Gasteiger partial charge in [0.2, 0.25) is 5.91 Å². The molecule has 2 rings (SSSR count). The molecule has 1 heterocycles. The number of piperazine rings is 1. The minimum Gasteiger partial charge on any atom is -0.354 e. The molecule has 1 aromatic carbocycles. The zero-order valence-electron chi connectivity index (χ0n) is 13.2. The Morgan fingerprint density at radius 1 is 1.21 bits per heavy atom. The molecule has 1 amide bonds. The Morgan fingerprint density at radius 2 is 1.83 bits per heavy atom. The van der Waals surface area contributed by atoms with Crippen LogP contribution in [0.3, 0.4) is 0 Å². The van der Waals surface area contributed by atoms with Gasteiger partial charge in [0.05, 0.1) is 0 Å². The van der Waals surface area contributed by atoms with Gasteiger partial charge in [-0.25, -0.2) is 4.39 Å². The predicted molar refractivity (Wildman–Crippen MR) is 82.0 cm³/mol. The van der Waals surface area contributed by atoms with Crippen molar-refractivity contribution in [2.45, 2.75) is 25.1 Å². The van der Waals surface area contributed by atoms with Crippen molar-refractivity contribution in [2.75, 3.05) is 32.7 Å². The lowest BCUT2D eigenvalue weighted by molar-refractivity contribution is -0.184. The number of hydrogen-bond donors (Lipinski definition) is 2. The number of hydrogen-bond acceptors (Lipinski definition) is 3. The Bertz CT molecular complexity index is 527. The molecule has 1 fully saturated rings. The van der Waals surface area contributed by atoms with Crippen molar-refractivity contribution in [3.63, 3.8) is 0 Å². The second-order valence-corrected chi connectivity index (χ2v) is 5.77. The zero-order valence-corrected chi connectivity index (χ0v) is 13.2. The maximum atomic E-state index is 13.2. The molecule has 0 bridgehead atoms. The van der Waals surface area contributed by atoms with E-state index >= 15 is 0 Å². The number of amides is 1. The molecule has 0 aromatic heterocycles. The van der Waals surface area contributed by atoms with Gasteiger partial charge in [0, 0.05) is 39.1 Å². The molecule has 0 radical (unpaired) electrons. The lowest BCUT2D eigenvalue weighted by Crippen LogP contribution is -2.57. The molecule has 24 heavy (non-hydrogen) atoms. The Labute approximate surface area is 138 Å². The van der Waals surface area contributed by atoms with Crippen molar-refractivity contribution in [1.82, 2.24) is 15.5 Å². The number of alkyl halides is 3. The topological polar surface area (TPSA) is 44.4 Å². The first-order valence-electron chi connectivity index (χ1n) is 7.89. The van der Waals surface area contributed by atoms with E-state index in [-0.39, 0.29) is 12.2 Å². The molecule has 8 heteroatoms. The van der Waals surface area contributed by atoms with Crippen LogP contribution >= 0.6 is 0 Å². The number of aryl methyl sites for hydroxylation is 1. The first-order chi connectivity index (χ1) is 11.4. The highest BCUT2D eigenvalue weighted by Gasteiger charge is 2.43. The van der Waals surface area contributed by atoms with Crippen LogP contribution < -0.4 is 10.6 Å². The zero-order chi connectivity index (χ0) is 17.6. The number of nitrogens with zero attached hydrogens (tertiary/aromatic N) is 1. The maximum absolute atomic E-state index is 13.2. The molecule has 1 aliphatic rings. The Kier molecular flexibility index (Phi) is 6.56. The molecule has 134 valence electrons. The lowest BCUT2D eigenvalue weighted by Gasteiger charge is -2.35. The van der Waals surface area contributed by atoms with Crippen LogP contribution in [0.1, 0.15) is 12.0 Å². The first kappa shape index (κ1) is 18.7. The van der Waals surface area contributed by atoms with Gasteiger partial charge in [0.15, 0.2) is 0 Å². The summed E-state index contributed by atoms with van der Waals surface area (Å²) >= 11 is 0. The Hall–Kier alpha value is -1.67. The molecule has 1 unspecified atom stereocenters. The van der Waals surface area contributed by atoms with E-state index in [1.54, 1.807) is 12.1 Å². The van der Waals surface area contributed by atoms with Gasteiger partial charge in [-0.15, -0.1) is 0 Å². The first-order valence-corrected chi connectivity index (χ1v) is 7.89. The number of nitrogens with one attached hydrogen (secondary N) is 2. The monoisotopic (exact) mass is 347 g/mol. The van der Waals surface area contributed by atoms with Gasteiger partial charge in [-0.1, -0.05) is 12.1 Å². The van der Waals surface area contributed by atoms with Gasteiger partial charge < -0.3 is 10.6 Å². The largest absolute Gasteiger partial charge is 0.405 e. The van der Waals surface area contributed by atoms with Crippen LogP contribution in [0.25, 0.3) is 0 Å². The summed E-state index contributed by atoms with van der Waals surface area (Å²) in [4.78, 5) is 13.2. The van der Waals surface area contributed by atoms with Crippen molar-refractivity contribution in [3.8, 4) is 0 Å². The summed E-state index contributed by atoms with van der Waals surface area (Å²) in [5.41, 5.74) is 0.765. The van der Waals surface area contributed by atoms with Crippen LogP contribution in [-0.2, 0) is 11.2 Å². The van der Waals surface area contributed by atoms with E-state index in [1.807, 2.05) is 0 Å². The van der Waals surface area contributed by atoms with E-state index in [0.717, 1.165) is 5.56 Å². The summed E-state index contributed by atoms with van der Waals surface area (Å²) in [7, 11) is 0. The molecular weight excluding hydrogens is 326 g/mol. The Morgan fingerprint density at radius 3 is 2.42 bits per heavy atom. The van der Waals surface area contributed by atoms with Crippen LogP contribution in [0.4, 0.5) is 17.6 Å². The number of halogens is 4. The molecule has 4 nitrogen and oxygen atoms in total. The summed E-state index contributed by atoms with van der Waals surface area (Å²) < 4.78 is 52.4. The van der Waals surface area contributed by atoms with Crippen LogP contribution in [-0.4, -0.2) is 55.7 Å². The molecule has 1 aromatic rings. The van der Waals surface area contributed by atoms with Crippen LogP contribution in [0.5, 0.6) is 0 Å². The fraction of sp³-hybridized carbons (Fsp3) is 0.562. The molecule has 1 aliphatic heterocycles. The van der Waals surface area contributed by atoms with Gasteiger partial charge in [-0.3, -0.25) is 9.69 Å². The standard InChI is InChI=1S/C16H21F4N3O/c17-13-4-1-12(2-5-13)3-6-15(24)22-11-14(16(18,19)20)23-9-7-21-8-10-23/h1-2,4-5,14,21H,3,6-11H2,(H,22,24). The normalized spacial score (nSPS) is 17.5. The lowest BCUT2D eigenvalue weighted by atomic mass is 10.1. The summed E-state index contributed by atoms with van der Waals surface area (Å²) in [6.07, 6.45) is -3.96. The van der Waals surface area contributed by atoms with Crippen molar-refractivity contribution in [2.24, 2.45) is 0 Å². The molecule has 1 atom stereocenters. The summed E-state index contributed by atoms with van der Waals surface area (Å²) in [6, 6.07) is 4.02. The average Bonchev–Trinajstić information content (AvgIpc) is 2.54. The van der Waals surface area contributed by atoms with Gasteiger partial charge in [0.1, 0.15) is 11.9 Å². The van der Waals surface area contributed by atoms with Gasteiger partial charge in [0.25, 0.3) is 0 Å². The molecular formula is C16H21F4N3O. The summed E-state index contributed by atoms with van der Waals surface area (Å²) in [6.45, 7) is 1.16. The van der Waals surface area contributed by atoms with E-state index in [4.69, 9.17) is 0 Å². The second-order valence-electron chi connectivity index (χ2n) is 5.77. The van der Waals surface area contributed by atoms with Gasteiger partial charge >= 0.3 is 6.18 Å². The van der Waals surface area contributed by atoms with E-state index < -0.39 is 24.7 Å². The molecule has 0 saturated carbocycles. The smallest absolute Gasteiger partial charge is 0.354 e. The number of benzene rings is 1. The third-order valence-electron chi connectivity index (χ3n) is 4.02. The summed E-state index contributed by atoms with van der Waals surface area (Å²) in [5.74, 6) is -0.809. The summed E-state index contributed by atoms with van der Waals surface area (Å²) in [5, 5.41) is 5.38. The van der Waals surface area contributed by atoms with Crippen molar-refractivity contribution in [3.05, 3.63) is 35.6 Å². The molecule has 0 spiro atoms.